The van der Waals surface area contributed by atoms with Crippen LogP contribution in [0.15, 0.2) is 22.7 Å². The topological polar surface area (TPSA) is 24.5 Å². The van der Waals surface area contributed by atoms with Gasteiger partial charge in [0.15, 0.2) is 0 Å². The lowest BCUT2D eigenvalue weighted by Crippen LogP contribution is -2.27. The molecule has 0 aliphatic rings. The van der Waals surface area contributed by atoms with Crippen LogP contribution in [0.4, 0.5) is 0 Å². The number of ether oxygens (including phenoxy) is 1. The standard InChI is InChI=1S/C16H27BrN2O/c1-4-18-12-14-7-8-15(16(17)11-14)13-20-10-9-19(5-2)6-3/h7-8,11,18H,4-6,9-10,12-13H2,1-3H3. The van der Waals surface area contributed by atoms with Crippen molar-refractivity contribution < 1.29 is 4.74 Å². The lowest BCUT2D eigenvalue weighted by molar-refractivity contribution is 0.0953. The third kappa shape index (κ3) is 6.35. The van der Waals surface area contributed by atoms with Crippen molar-refractivity contribution in [3.05, 3.63) is 33.8 Å². The zero-order valence-corrected chi connectivity index (χ0v) is 14.5. The summed E-state index contributed by atoms with van der Waals surface area (Å²) in [6.45, 7) is 13.0. The van der Waals surface area contributed by atoms with E-state index in [1.165, 1.54) is 11.1 Å². The lowest BCUT2D eigenvalue weighted by Gasteiger charge is -2.17. The molecule has 0 saturated heterocycles. The van der Waals surface area contributed by atoms with Gasteiger partial charge in [0.2, 0.25) is 0 Å². The van der Waals surface area contributed by atoms with E-state index in [9.17, 15) is 0 Å². The molecule has 4 heteroatoms. The minimum Gasteiger partial charge on any atom is -0.375 e. The van der Waals surface area contributed by atoms with Gasteiger partial charge < -0.3 is 15.0 Å². The molecule has 0 aliphatic heterocycles. The first-order chi connectivity index (χ1) is 9.71. The first-order valence-electron chi connectivity index (χ1n) is 7.49. The molecule has 0 saturated carbocycles. The minimum atomic E-state index is 0.670. The first kappa shape index (κ1) is 17.6. The number of likely N-dealkylation sites (N-methyl/N-ethyl adjacent to an activating group) is 1. The molecule has 0 atom stereocenters. The van der Waals surface area contributed by atoms with Crippen LogP contribution in [0.2, 0.25) is 0 Å². The van der Waals surface area contributed by atoms with Gasteiger partial charge in [-0.1, -0.05) is 48.8 Å². The number of halogens is 1. The maximum absolute atomic E-state index is 5.77. The van der Waals surface area contributed by atoms with Crippen molar-refractivity contribution in [2.45, 2.75) is 33.9 Å². The number of hydrogen-bond acceptors (Lipinski definition) is 3. The molecular weight excluding hydrogens is 316 g/mol. The van der Waals surface area contributed by atoms with Gasteiger partial charge in [-0.25, -0.2) is 0 Å². The number of nitrogens with one attached hydrogen (secondary N) is 1. The molecule has 1 rings (SSSR count). The number of hydrogen-bond donors (Lipinski definition) is 1. The van der Waals surface area contributed by atoms with Crippen molar-refractivity contribution in [1.82, 2.24) is 10.2 Å². The molecule has 0 amide bonds. The molecule has 0 fully saturated rings. The normalized spacial score (nSPS) is 11.2. The van der Waals surface area contributed by atoms with Crippen LogP contribution in [0.5, 0.6) is 0 Å². The van der Waals surface area contributed by atoms with Crippen LogP contribution in [-0.4, -0.2) is 37.7 Å². The van der Waals surface area contributed by atoms with E-state index in [0.717, 1.165) is 43.8 Å². The van der Waals surface area contributed by atoms with Crippen LogP contribution < -0.4 is 5.32 Å². The summed E-state index contributed by atoms with van der Waals surface area (Å²) in [7, 11) is 0. The van der Waals surface area contributed by atoms with Crippen molar-refractivity contribution in [2.75, 3.05) is 32.8 Å². The molecule has 0 aromatic heterocycles. The first-order valence-corrected chi connectivity index (χ1v) is 8.28. The van der Waals surface area contributed by atoms with Crippen LogP contribution in [0, 0.1) is 0 Å². The Labute approximate surface area is 131 Å². The van der Waals surface area contributed by atoms with Gasteiger partial charge >= 0.3 is 0 Å². The van der Waals surface area contributed by atoms with Gasteiger partial charge in [-0.05, 0) is 36.8 Å². The Morgan fingerprint density at radius 1 is 1.20 bits per heavy atom. The number of nitrogens with zero attached hydrogens (tertiary/aromatic N) is 1. The largest absolute Gasteiger partial charge is 0.375 e. The Morgan fingerprint density at radius 3 is 2.55 bits per heavy atom. The highest BCUT2D eigenvalue weighted by Gasteiger charge is 2.03. The van der Waals surface area contributed by atoms with Gasteiger partial charge in [-0.15, -0.1) is 0 Å². The highest BCUT2D eigenvalue weighted by atomic mass is 79.9. The number of rotatable bonds is 10. The molecule has 0 aliphatic carbocycles. The van der Waals surface area contributed by atoms with Gasteiger partial charge in [0.25, 0.3) is 0 Å². The molecular formula is C16H27BrN2O. The highest BCUT2D eigenvalue weighted by molar-refractivity contribution is 9.10. The van der Waals surface area contributed by atoms with E-state index in [1.807, 2.05) is 0 Å². The van der Waals surface area contributed by atoms with Crippen LogP contribution in [0.25, 0.3) is 0 Å². The second kappa shape index (κ2) is 10.3. The molecule has 0 unspecified atom stereocenters. The second-order valence-corrected chi connectivity index (χ2v) is 5.64. The predicted octanol–water partition coefficient (Wildman–Crippen LogP) is 3.42. The predicted molar refractivity (Wildman–Crippen MR) is 89.0 cm³/mol. The van der Waals surface area contributed by atoms with Crippen molar-refractivity contribution in [3.63, 3.8) is 0 Å². The Kier molecular flexibility index (Phi) is 9.10. The summed E-state index contributed by atoms with van der Waals surface area (Å²) in [4.78, 5) is 2.37. The number of benzene rings is 1. The summed E-state index contributed by atoms with van der Waals surface area (Å²) in [6, 6.07) is 6.48. The van der Waals surface area contributed by atoms with Crippen LogP contribution in [0.3, 0.4) is 0 Å². The molecule has 1 aromatic rings. The molecule has 0 bridgehead atoms. The van der Waals surface area contributed by atoms with Crippen molar-refractivity contribution >= 4 is 15.9 Å². The van der Waals surface area contributed by atoms with E-state index < -0.39 is 0 Å². The zero-order valence-electron chi connectivity index (χ0n) is 12.9. The van der Waals surface area contributed by atoms with Gasteiger partial charge in [0.1, 0.15) is 0 Å². The summed E-state index contributed by atoms with van der Waals surface area (Å²) in [5, 5.41) is 3.33. The van der Waals surface area contributed by atoms with E-state index in [-0.39, 0.29) is 0 Å². The average molecular weight is 343 g/mol. The van der Waals surface area contributed by atoms with Crippen molar-refractivity contribution in [3.8, 4) is 0 Å². The minimum absolute atomic E-state index is 0.670. The molecule has 20 heavy (non-hydrogen) atoms. The average Bonchev–Trinajstić information content (AvgIpc) is 2.47. The summed E-state index contributed by atoms with van der Waals surface area (Å²) >= 11 is 3.63. The fraction of sp³-hybridized carbons (Fsp3) is 0.625. The fourth-order valence-electron chi connectivity index (χ4n) is 2.00. The van der Waals surface area contributed by atoms with E-state index in [2.05, 4.69) is 65.1 Å². The van der Waals surface area contributed by atoms with E-state index >= 15 is 0 Å². The molecule has 0 spiro atoms. The van der Waals surface area contributed by atoms with Gasteiger partial charge in [0, 0.05) is 17.6 Å². The summed E-state index contributed by atoms with van der Waals surface area (Å²) in [5.41, 5.74) is 2.51. The summed E-state index contributed by atoms with van der Waals surface area (Å²) < 4.78 is 6.90. The van der Waals surface area contributed by atoms with Crippen molar-refractivity contribution in [1.29, 1.82) is 0 Å². The summed E-state index contributed by atoms with van der Waals surface area (Å²) in [6.07, 6.45) is 0. The SMILES string of the molecule is CCNCc1ccc(COCCN(CC)CC)c(Br)c1. The van der Waals surface area contributed by atoms with Gasteiger partial charge in [-0.3, -0.25) is 0 Å². The van der Waals surface area contributed by atoms with E-state index in [0.29, 0.717) is 6.61 Å². The summed E-state index contributed by atoms with van der Waals surface area (Å²) in [5.74, 6) is 0. The smallest absolute Gasteiger partial charge is 0.0728 e. The molecule has 114 valence electrons. The molecule has 3 nitrogen and oxygen atoms in total. The fourth-order valence-corrected chi connectivity index (χ4v) is 2.54. The zero-order chi connectivity index (χ0) is 14.8. The molecule has 0 radical (unpaired) electrons. The van der Waals surface area contributed by atoms with Crippen molar-refractivity contribution in [2.24, 2.45) is 0 Å². The molecule has 0 heterocycles. The van der Waals surface area contributed by atoms with Gasteiger partial charge in [-0.2, -0.15) is 0 Å². The quantitative estimate of drug-likeness (QED) is 0.659. The second-order valence-electron chi connectivity index (χ2n) is 4.79. The highest BCUT2D eigenvalue weighted by Crippen LogP contribution is 2.19. The third-order valence-electron chi connectivity index (χ3n) is 3.40. The van der Waals surface area contributed by atoms with Crippen LogP contribution in [0.1, 0.15) is 31.9 Å². The van der Waals surface area contributed by atoms with E-state index in [1.54, 1.807) is 0 Å². The Balaban J connectivity index is 2.36. The maximum atomic E-state index is 5.77. The maximum Gasteiger partial charge on any atom is 0.0728 e. The lowest BCUT2D eigenvalue weighted by atomic mass is 10.1. The Morgan fingerprint density at radius 2 is 1.95 bits per heavy atom. The molecule has 1 N–H and O–H groups in total. The van der Waals surface area contributed by atoms with E-state index in [4.69, 9.17) is 4.74 Å². The Bertz CT molecular complexity index is 381. The van der Waals surface area contributed by atoms with Crippen LogP contribution in [-0.2, 0) is 17.9 Å². The van der Waals surface area contributed by atoms with Gasteiger partial charge in [0.05, 0.1) is 13.2 Å². The molecule has 1 aromatic carbocycles. The van der Waals surface area contributed by atoms with Crippen LogP contribution >= 0.6 is 15.9 Å². The monoisotopic (exact) mass is 342 g/mol. The third-order valence-corrected chi connectivity index (χ3v) is 4.14. The Hall–Kier alpha value is -0.420.